The van der Waals surface area contributed by atoms with Crippen molar-refractivity contribution in [2.24, 2.45) is 0 Å². The molecular weight excluding hydrogens is 238 g/mol. The second-order valence-corrected chi connectivity index (χ2v) is 4.65. The lowest BCUT2D eigenvalue weighted by atomic mass is 10.1. The number of piperidine rings is 1. The lowest BCUT2D eigenvalue weighted by Gasteiger charge is -2.29. The Morgan fingerprint density at radius 3 is 2.53 bits per heavy atom. The van der Waals surface area contributed by atoms with Gasteiger partial charge in [0.1, 0.15) is 5.57 Å². The molecule has 0 aliphatic carbocycles. The van der Waals surface area contributed by atoms with E-state index in [9.17, 15) is 9.59 Å². The summed E-state index contributed by atoms with van der Waals surface area (Å²) in [5.41, 5.74) is 0.169. The summed E-state index contributed by atoms with van der Waals surface area (Å²) in [4.78, 5) is 26.9. The van der Waals surface area contributed by atoms with Crippen LogP contribution in [0.15, 0.2) is 11.8 Å². The summed E-state index contributed by atoms with van der Waals surface area (Å²) < 4.78 is 0. The average Bonchev–Trinajstić information content (AvgIpc) is 2.33. The number of carbonyl (C=O) groups is 2. The monoisotopic (exact) mass is 253 g/mol. The number of nitrogens with zero attached hydrogens (tertiary/aromatic N) is 2. The van der Waals surface area contributed by atoms with Crippen LogP contribution >= 0.6 is 12.2 Å². The van der Waals surface area contributed by atoms with Gasteiger partial charge in [0.15, 0.2) is 5.11 Å². The molecule has 0 aromatic carbocycles. The van der Waals surface area contributed by atoms with Crippen molar-refractivity contribution in [1.29, 1.82) is 0 Å². The Balaban J connectivity index is 2.17. The summed E-state index contributed by atoms with van der Waals surface area (Å²) in [6, 6.07) is 0. The van der Waals surface area contributed by atoms with Crippen molar-refractivity contribution < 1.29 is 9.59 Å². The van der Waals surface area contributed by atoms with E-state index in [2.05, 4.69) is 5.32 Å². The molecule has 2 heterocycles. The van der Waals surface area contributed by atoms with E-state index in [1.54, 1.807) is 13.2 Å². The molecule has 2 rings (SSSR count). The van der Waals surface area contributed by atoms with Crippen LogP contribution < -0.4 is 5.32 Å². The summed E-state index contributed by atoms with van der Waals surface area (Å²) in [5, 5.41) is 2.66. The van der Waals surface area contributed by atoms with Gasteiger partial charge in [0.05, 0.1) is 0 Å². The lowest BCUT2D eigenvalue weighted by Crippen LogP contribution is -2.52. The minimum absolute atomic E-state index is 0.163. The van der Waals surface area contributed by atoms with Gasteiger partial charge in [-0.25, -0.2) is 0 Å². The largest absolute Gasteiger partial charge is 0.377 e. The van der Waals surface area contributed by atoms with Gasteiger partial charge < -0.3 is 4.90 Å². The highest BCUT2D eigenvalue weighted by molar-refractivity contribution is 7.80. The molecule has 1 N–H and O–H groups in total. The zero-order valence-electron chi connectivity index (χ0n) is 9.73. The number of amides is 2. The molecule has 0 saturated carbocycles. The predicted octanol–water partition coefficient (Wildman–Crippen LogP) is 0.229. The van der Waals surface area contributed by atoms with Crippen LogP contribution in [-0.2, 0) is 9.59 Å². The summed E-state index contributed by atoms with van der Waals surface area (Å²) in [6.45, 7) is 1.80. The molecule has 0 radical (unpaired) electrons. The Kier molecular flexibility index (Phi) is 3.42. The quantitative estimate of drug-likeness (QED) is 0.413. The number of hydrogen-bond acceptors (Lipinski definition) is 4. The smallest absolute Gasteiger partial charge is 0.266 e. The third-order valence-corrected chi connectivity index (χ3v) is 3.38. The Morgan fingerprint density at radius 2 is 1.88 bits per heavy atom. The van der Waals surface area contributed by atoms with Crippen LogP contribution in [0.4, 0.5) is 0 Å². The molecule has 2 saturated heterocycles. The topological polar surface area (TPSA) is 52.7 Å². The molecule has 0 aromatic heterocycles. The van der Waals surface area contributed by atoms with Crippen LogP contribution in [0.5, 0.6) is 0 Å². The van der Waals surface area contributed by atoms with Crippen molar-refractivity contribution in [3.05, 3.63) is 11.8 Å². The van der Waals surface area contributed by atoms with Gasteiger partial charge in [-0.3, -0.25) is 19.8 Å². The van der Waals surface area contributed by atoms with Gasteiger partial charge in [-0.2, -0.15) is 0 Å². The molecular formula is C11H15N3O2S. The van der Waals surface area contributed by atoms with E-state index in [-0.39, 0.29) is 16.6 Å². The summed E-state index contributed by atoms with van der Waals surface area (Å²) in [5.74, 6) is -0.729. The highest BCUT2D eigenvalue weighted by atomic mass is 32.1. The highest BCUT2D eigenvalue weighted by Crippen LogP contribution is 2.13. The van der Waals surface area contributed by atoms with Crippen molar-refractivity contribution in [1.82, 2.24) is 15.1 Å². The van der Waals surface area contributed by atoms with Crippen molar-refractivity contribution in [3.63, 3.8) is 0 Å². The number of thiocarbonyl (C=S) groups is 1. The standard InChI is InChI=1S/C11H15N3O2S/c1-13-10(16)8(9(15)12-11(13)17)7-14-5-3-2-4-6-14/h7H,2-6H2,1H3,(H,12,15,17)/b8-7+. The van der Waals surface area contributed by atoms with Crippen molar-refractivity contribution in [2.45, 2.75) is 19.3 Å². The zero-order chi connectivity index (χ0) is 12.4. The second kappa shape index (κ2) is 4.83. The maximum atomic E-state index is 11.9. The van der Waals surface area contributed by atoms with E-state index in [0.717, 1.165) is 25.9 Å². The third-order valence-electron chi connectivity index (χ3n) is 3.01. The van der Waals surface area contributed by atoms with Crippen LogP contribution in [0.2, 0.25) is 0 Å². The van der Waals surface area contributed by atoms with Crippen molar-refractivity contribution in [3.8, 4) is 0 Å². The maximum Gasteiger partial charge on any atom is 0.266 e. The number of carbonyl (C=O) groups excluding carboxylic acids is 2. The minimum Gasteiger partial charge on any atom is -0.377 e. The molecule has 0 bridgehead atoms. The molecule has 2 fully saturated rings. The number of hydrogen-bond donors (Lipinski definition) is 1. The van der Waals surface area contributed by atoms with Gasteiger partial charge in [-0.15, -0.1) is 0 Å². The lowest BCUT2D eigenvalue weighted by molar-refractivity contribution is -0.128. The number of likely N-dealkylation sites (N-methyl/N-ethyl adjacent to an activating group) is 1. The van der Waals surface area contributed by atoms with E-state index < -0.39 is 5.91 Å². The van der Waals surface area contributed by atoms with E-state index >= 15 is 0 Å². The van der Waals surface area contributed by atoms with Gasteiger partial charge in [0, 0.05) is 26.3 Å². The van der Waals surface area contributed by atoms with Crippen molar-refractivity contribution in [2.75, 3.05) is 20.1 Å². The first-order valence-corrected chi connectivity index (χ1v) is 6.09. The zero-order valence-corrected chi connectivity index (χ0v) is 10.5. The van der Waals surface area contributed by atoms with E-state index in [1.165, 1.54) is 11.3 Å². The number of likely N-dealkylation sites (tertiary alicyclic amines) is 1. The fourth-order valence-electron chi connectivity index (χ4n) is 1.96. The molecule has 2 amide bonds. The molecule has 0 aromatic rings. The number of nitrogens with one attached hydrogen (secondary N) is 1. The average molecular weight is 253 g/mol. The van der Waals surface area contributed by atoms with Crippen molar-refractivity contribution >= 4 is 29.1 Å². The van der Waals surface area contributed by atoms with Gasteiger partial charge in [0.2, 0.25) is 0 Å². The molecule has 0 spiro atoms. The SMILES string of the molecule is CN1C(=O)/C(=C/N2CCCCC2)C(=O)NC1=S. The van der Waals surface area contributed by atoms with E-state index in [1.807, 2.05) is 4.90 Å². The maximum absolute atomic E-state index is 11.9. The fraction of sp³-hybridized carbons (Fsp3) is 0.545. The molecule has 0 atom stereocenters. The summed E-state index contributed by atoms with van der Waals surface area (Å²) in [6.07, 6.45) is 5.08. The van der Waals surface area contributed by atoms with Crippen LogP contribution in [0.1, 0.15) is 19.3 Å². The van der Waals surface area contributed by atoms with E-state index in [0.29, 0.717) is 0 Å². The Labute approximate surface area is 105 Å². The first kappa shape index (κ1) is 12.0. The molecule has 2 aliphatic rings. The van der Waals surface area contributed by atoms with Crippen LogP contribution in [0, 0.1) is 0 Å². The first-order chi connectivity index (χ1) is 8.09. The summed E-state index contributed by atoms with van der Waals surface area (Å²) in [7, 11) is 1.56. The molecule has 0 unspecified atom stereocenters. The van der Waals surface area contributed by atoms with Gasteiger partial charge in [0.25, 0.3) is 11.8 Å². The second-order valence-electron chi connectivity index (χ2n) is 4.26. The molecule has 2 aliphatic heterocycles. The van der Waals surface area contributed by atoms with Gasteiger partial charge >= 0.3 is 0 Å². The predicted molar refractivity (Wildman–Crippen MR) is 67.0 cm³/mol. The Bertz CT molecular complexity index is 400. The molecule has 92 valence electrons. The van der Waals surface area contributed by atoms with Crippen LogP contribution in [0.25, 0.3) is 0 Å². The Hall–Kier alpha value is -1.43. The number of rotatable bonds is 1. The van der Waals surface area contributed by atoms with Crippen LogP contribution in [-0.4, -0.2) is 46.9 Å². The summed E-state index contributed by atoms with van der Waals surface area (Å²) >= 11 is 4.87. The third kappa shape index (κ3) is 2.46. The fourth-order valence-corrected chi connectivity index (χ4v) is 2.14. The Morgan fingerprint density at radius 1 is 1.24 bits per heavy atom. The van der Waals surface area contributed by atoms with E-state index in [4.69, 9.17) is 12.2 Å². The minimum atomic E-state index is -0.399. The van der Waals surface area contributed by atoms with Crippen LogP contribution in [0.3, 0.4) is 0 Å². The molecule has 5 nitrogen and oxygen atoms in total. The highest BCUT2D eigenvalue weighted by Gasteiger charge is 2.31. The van der Waals surface area contributed by atoms with Gasteiger partial charge in [-0.05, 0) is 31.5 Å². The molecule has 17 heavy (non-hydrogen) atoms. The molecule has 6 heteroatoms. The van der Waals surface area contributed by atoms with Gasteiger partial charge in [-0.1, -0.05) is 0 Å². The normalized spacial score (nSPS) is 24.3. The first-order valence-electron chi connectivity index (χ1n) is 5.69.